The molecule has 0 spiro atoms. The molecule has 4 heteroatoms. The number of aromatic nitrogens is 2. The minimum absolute atomic E-state index is 0.176. The van der Waals surface area contributed by atoms with Crippen molar-refractivity contribution in [2.45, 2.75) is 26.4 Å². The van der Waals surface area contributed by atoms with Crippen LogP contribution in [0, 0.1) is 5.82 Å². The number of benzene rings is 1. The Morgan fingerprint density at radius 1 is 1.39 bits per heavy atom. The molecule has 0 saturated carbocycles. The Morgan fingerprint density at radius 3 is 3.00 bits per heavy atom. The summed E-state index contributed by atoms with van der Waals surface area (Å²) in [6.07, 6.45) is 4.63. The quantitative estimate of drug-likeness (QED) is 0.795. The maximum Gasteiger partial charge on any atom is 0.128 e. The third kappa shape index (κ3) is 3.40. The van der Waals surface area contributed by atoms with Crippen LogP contribution in [-0.4, -0.2) is 16.3 Å². The molecule has 0 fully saturated rings. The van der Waals surface area contributed by atoms with Crippen LogP contribution in [0.15, 0.2) is 36.7 Å². The van der Waals surface area contributed by atoms with E-state index in [1.807, 2.05) is 24.4 Å². The summed E-state index contributed by atoms with van der Waals surface area (Å²) in [5.41, 5.74) is 1.78. The predicted molar refractivity (Wildman–Crippen MR) is 69.7 cm³/mol. The molecule has 96 valence electrons. The molecular formula is C14H18FN3. The highest BCUT2D eigenvalue weighted by Gasteiger charge is 2.04. The van der Waals surface area contributed by atoms with Gasteiger partial charge >= 0.3 is 0 Å². The minimum Gasteiger partial charge on any atom is -0.313 e. The maximum absolute atomic E-state index is 13.7. The monoisotopic (exact) mass is 247 g/mol. The predicted octanol–water partition coefficient (Wildman–Crippen LogP) is 2.57. The van der Waals surface area contributed by atoms with Gasteiger partial charge in [-0.1, -0.05) is 13.0 Å². The zero-order valence-electron chi connectivity index (χ0n) is 10.6. The summed E-state index contributed by atoms with van der Waals surface area (Å²) in [6, 6.07) is 7.09. The smallest absolute Gasteiger partial charge is 0.128 e. The number of halogens is 1. The van der Waals surface area contributed by atoms with Crippen molar-refractivity contribution in [3.63, 3.8) is 0 Å². The number of nitrogens with zero attached hydrogens (tertiary/aromatic N) is 2. The van der Waals surface area contributed by atoms with E-state index >= 15 is 0 Å². The summed E-state index contributed by atoms with van der Waals surface area (Å²) in [5.74, 6) is -0.176. The van der Waals surface area contributed by atoms with Crippen molar-refractivity contribution in [2.75, 3.05) is 6.54 Å². The highest BCUT2D eigenvalue weighted by Crippen LogP contribution is 2.12. The van der Waals surface area contributed by atoms with E-state index in [-0.39, 0.29) is 5.82 Å². The second-order valence-corrected chi connectivity index (χ2v) is 4.31. The molecule has 1 aromatic heterocycles. The first-order valence-corrected chi connectivity index (χ1v) is 6.25. The molecule has 18 heavy (non-hydrogen) atoms. The van der Waals surface area contributed by atoms with Crippen LogP contribution in [0.5, 0.6) is 0 Å². The molecule has 1 aromatic carbocycles. The summed E-state index contributed by atoms with van der Waals surface area (Å²) >= 11 is 0. The lowest BCUT2D eigenvalue weighted by atomic mass is 10.1. The van der Waals surface area contributed by atoms with Crippen LogP contribution in [0.2, 0.25) is 0 Å². The fraction of sp³-hybridized carbons (Fsp3) is 0.357. The van der Waals surface area contributed by atoms with E-state index in [0.29, 0.717) is 12.1 Å². The largest absolute Gasteiger partial charge is 0.313 e. The summed E-state index contributed by atoms with van der Waals surface area (Å²) in [4.78, 5) is 0. The van der Waals surface area contributed by atoms with Crippen LogP contribution < -0.4 is 5.32 Å². The molecule has 0 saturated heterocycles. The molecule has 0 amide bonds. The first kappa shape index (κ1) is 12.8. The van der Waals surface area contributed by atoms with Crippen molar-refractivity contribution in [3.8, 4) is 0 Å². The topological polar surface area (TPSA) is 29.9 Å². The zero-order chi connectivity index (χ0) is 12.8. The fourth-order valence-corrected chi connectivity index (χ4v) is 1.84. The molecule has 0 unspecified atom stereocenters. The molecule has 3 nitrogen and oxygen atoms in total. The summed E-state index contributed by atoms with van der Waals surface area (Å²) < 4.78 is 15.4. The van der Waals surface area contributed by atoms with Crippen LogP contribution >= 0.6 is 0 Å². The van der Waals surface area contributed by atoms with Gasteiger partial charge in [-0.15, -0.1) is 0 Å². The molecule has 0 aliphatic carbocycles. The van der Waals surface area contributed by atoms with E-state index in [4.69, 9.17) is 0 Å². The van der Waals surface area contributed by atoms with Crippen molar-refractivity contribution in [1.82, 2.24) is 15.1 Å². The average molecular weight is 247 g/mol. The van der Waals surface area contributed by atoms with Gasteiger partial charge in [-0.3, -0.25) is 4.68 Å². The third-order valence-electron chi connectivity index (χ3n) is 2.76. The van der Waals surface area contributed by atoms with Gasteiger partial charge < -0.3 is 5.32 Å². The van der Waals surface area contributed by atoms with Crippen molar-refractivity contribution >= 4 is 0 Å². The number of hydrogen-bond acceptors (Lipinski definition) is 2. The Bertz CT molecular complexity index is 480. The number of nitrogens with one attached hydrogen (secondary N) is 1. The Kier molecular flexibility index (Phi) is 4.47. The van der Waals surface area contributed by atoms with E-state index in [9.17, 15) is 4.39 Å². The van der Waals surface area contributed by atoms with Gasteiger partial charge in [-0.25, -0.2) is 4.39 Å². The molecule has 0 aliphatic rings. The number of hydrogen-bond donors (Lipinski definition) is 1. The summed E-state index contributed by atoms with van der Waals surface area (Å²) in [5, 5.41) is 7.40. The SMILES string of the molecule is CCCNCc1ccc(F)c(Cn2cccn2)c1. The fourth-order valence-electron chi connectivity index (χ4n) is 1.84. The molecular weight excluding hydrogens is 229 g/mol. The number of rotatable bonds is 6. The van der Waals surface area contributed by atoms with Crippen molar-refractivity contribution in [1.29, 1.82) is 0 Å². The molecule has 0 aliphatic heterocycles. The molecule has 0 bridgehead atoms. The van der Waals surface area contributed by atoms with Gasteiger partial charge in [0.1, 0.15) is 5.82 Å². The van der Waals surface area contributed by atoms with Gasteiger partial charge in [0.05, 0.1) is 6.54 Å². The third-order valence-corrected chi connectivity index (χ3v) is 2.76. The van der Waals surface area contributed by atoms with E-state index < -0.39 is 0 Å². The van der Waals surface area contributed by atoms with Crippen molar-refractivity contribution in [2.24, 2.45) is 0 Å². The molecule has 2 rings (SSSR count). The maximum atomic E-state index is 13.7. The Morgan fingerprint density at radius 2 is 2.28 bits per heavy atom. The van der Waals surface area contributed by atoms with E-state index in [2.05, 4.69) is 17.3 Å². The van der Waals surface area contributed by atoms with Gasteiger partial charge in [0.15, 0.2) is 0 Å². The lowest BCUT2D eigenvalue weighted by molar-refractivity contribution is 0.582. The van der Waals surface area contributed by atoms with Crippen LogP contribution in [0.4, 0.5) is 4.39 Å². The molecule has 0 radical (unpaired) electrons. The van der Waals surface area contributed by atoms with Gasteiger partial charge in [-0.05, 0) is 36.7 Å². The Balaban J connectivity index is 2.06. The zero-order valence-corrected chi connectivity index (χ0v) is 10.6. The Hall–Kier alpha value is -1.68. The summed E-state index contributed by atoms with van der Waals surface area (Å²) in [6.45, 7) is 4.35. The summed E-state index contributed by atoms with van der Waals surface area (Å²) in [7, 11) is 0. The van der Waals surface area contributed by atoms with Crippen LogP contribution in [0.25, 0.3) is 0 Å². The molecule has 0 atom stereocenters. The van der Waals surface area contributed by atoms with E-state index in [1.165, 1.54) is 6.07 Å². The standard InChI is InChI=1S/C14H18FN3/c1-2-6-16-10-12-4-5-14(15)13(9-12)11-18-8-3-7-17-18/h3-5,7-9,16H,2,6,10-11H2,1H3. The minimum atomic E-state index is -0.176. The Labute approximate surface area is 107 Å². The highest BCUT2D eigenvalue weighted by molar-refractivity contribution is 5.25. The second-order valence-electron chi connectivity index (χ2n) is 4.31. The van der Waals surface area contributed by atoms with Gasteiger partial charge in [0.25, 0.3) is 0 Å². The first-order chi connectivity index (χ1) is 8.79. The average Bonchev–Trinajstić information content (AvgIpc) is 2.86. The van der Waals surface area contributed by atoms with Crippen LogP contribution in [0.3, 0.4) is 0 Å². The first-order valence-electron chi connectivity index (χ1n) is 6.25. The van der Waals surface area contributed by atoms with Crippen molar-refractivity contribution < 1.29 is 4.39 Å². The van der Waals surface area contributed by atoms with E-state index in [0.717, 1.165) is 25.1 Å². The van der Waals surface area contributed by atoms with Crippen LogP contribution in [0.1, 0.15) is 24.5 Å². The normalized spacial score (nSPS) is 10.8. The highest BCUT2D eigenvalue weighted by atomic mass is 19.1. The second kappa shape index (κ2) is 6.31. The van der Waals surface area contributed by atoms with Gasteiger partial charge in [-0.2, -0.15) is 5.10 Å². The van der Waals surface area contributed by atoms with Gasteiger partial charge in [0, 0.05) is 24.5 Å². The lowest BCUT2D eigenvalue weighted by Gasteiger charge is -2.08. The molecule has 2 aromatic rings. The lowest BCUT2D eigenvalue weighted by Crippen LogP contribution is -2.14. The van der Waals surface area contributed by atoms with Crippen LogP contribution in [-0.2, 0) is 13.1 Å². The van der Waals surface area contributed by atoms with E-state index in [1.54, 1.807) is 10.9 Å². The van der Waals surface area contributed by atoms with Crippen molar-refractivity contribution in [3.05, 3.63) is 53.6 Å². The molecule has 1 heterocycles. The molecule has 1 N–H and O–H groups in total. The van der Waals surface area contributed by atoms with Gasteiger partial charge in [0.2, 0.25) is 0 Å².